The molecule has 0 bridgehead atoms. The van der Waals surface area contributed by atoms with Crippen molar-refractivity contribution >= 4 is 21.7 Å². The standard InChI is InChI=1S/C25H42N2O4S/c1-4-14-32(30,31)22-11-8-19(9-12-22)21-10-13-23-24(15-21)26(25(29)20-6-5-7-20)16-17(2)27(23)18(3)28/h17,19-24H,4-16H2,1-3H3/t17-,19?,21?,22?,23?,24?/m0/s1. The average molecular weight is 467 g/mol. The molecule has 1 saturated heterocycles. The number of carbonyl (C=O) groups is 2. The van der Waals surface area contributed by atoms with Gasteiger partial charge in [0, 0.05) is 25.4 Å². The zero-order chi connectivity index (χ0) is 23.0. The minimum absolute atomic E-state index is 0.0773. The van der Waals surface area contributed by atoms with Crippen LogP contribution in [0.15, 0.2) is 0 Å². The Labute approximate surface area is 194 Å². The van der Waals surface area contributed by atoms with Gasteiger partial charge in [0.2, 0.25) is 11.8 Å². The molecule has 7 heteroatoms. The van der Waals surface area contributed by atoms with Gasteiger partial charge in [-0.3, -0.25) is 9.59 Å². The van der Waals surface area contributed by atoms with Crippen molar-refractivity contribution in [1.82, 2.24) is 9.80 Å². The summed E-state index contributed by atoms with van der Waals surface area (Å²) in [6.07, 6.45) is 10.4. The van der Waals surface area contributed by atoms with Crippen molar-refractivity contribution in [1.29, 1.82) is 0 Å². The van der Waals surface area contributed by atoms with E-state index in [9.17, 15) is 18.0 Å². The third kappa shape index (κ3) is 4.60. The van der Waals surface area contributed by atoms with E-state index >= 15 is 0 Å². The Morgan fingerprint density at radius 2 is 1.56 bits per heavy atom. The summed E-state index contributed by atoms with van der Waals surface area (Å²) in [5, 5.41) is -0.157. The topological polar surface area (TPSA) is 74.8 Å². The van der Waals surface area contributed by atoms with Crippen molar-refractivity contribution in [3.05, 3.63) is 0 Å². The number of amides is 2. The molecule has 4 fully saturated rings. The van der Waals surface area contributed by atoms with Gasteiger partial charge in [0.1, 0.15) is 0 Å². The number of rotatable bonds is 5. The maximum atomic E-state index is 13.3. The lowest BCUT2D eigenvalue weighted by Gasteiger charge is -2.55. The van der Waals surface area contributed by atoms with Gasteiger partial charge in [-0.1, -0.05) is 13.3 Å². The predicted molar refractivity (Wildman–Crippen MR) is 126 cm³/mol. The van der Waals surface area contributed by atoms with Crippen molar-refractivity contribution in [2.75, 3.05) is 12.3 Å². The van der Waals surface area contributed by atoms with Crippen LogP contribution in [0.5, 0.6) is 0 Å². The van der Waals surface area contributed by atoms with Gasteiger partial charge in [0.05, 0.1) is 23.1 Å². The molecule has 0 spiro atoms. The van der Waals surface area contributed by atoms with Gasteiger partial charge in [-0.2, -0.15) is 0 Å². The van der Waals surface area contributed by atoms with Crippen LogP contribution in [0.25, 0.3) is 0 Å². The number of piperazine rings is 1. The molecule has 1 heterocycles. The summed E-state index contributed by atoms with van der Waals surface area (Å²) in [6.45, 7) is 6.35. The van der Waals surface area contributed by atoms with Crippen molar-refractivity contribution in [2.24, 2.45) is 17.8 Å². The van der Waals surface area contributed by atoms with E-state index in [0.29, 0.717) is 36.5 Å². The molecule has 6 nitrogen and oxygen atoms in total. The smallest absolute Gasteiger partial charge is 0.226 e. The predicted octanol–water partition coefficient (Wildman–Crippen LogP) is 3.79. The van der Waals surface area contributed by atoms with E-state index in [1.165, 1.54) is 0 Å². The Hall–Kier alpha value is -1.11. The SMILES string of the molecule is CCCS(=O)(=O)C1CCC(C2CCC3C(C2)N(C(=O)C2CCC2)C[C@H](C)N3C(C)=O)CC1. The van der Waals surface area contributed by atoms with E-state index in [2.05, 4.69) is 16.7 Å². The monoisotopic (exact) mass is 466 g/mol. The van der Waals surface area contributed by atoms with Crippen LogP contribution in [0, 0.1) is 17.8 Å². The van der Waals surface area contributed by atoms with Crippen molar-refractivity contribution in [3.63, 3.8) is 0 Å². The van der Waals surface area contributed by atoms with Gasteiger partial charge in [-0.15, -0.1) is 0 Å². The lowest BCUT2D eigenvalue weighted by molar-refractivity contribution is -0.159. The lowest BCUT2D eigenvalue weighted by atomic mass is 9.69. The highest BCUT2D eigenvalue weighted by Crippen LogP contribution is 2.44. The van der Waals surface area contributed by atoms with Crippen LogP contribution in [0.3, 0.4) is 0 Å². The van der Waals surface area contributed by atoms with E-state index in [1.807, 2.05) is 6.92 Å². The van der Waals surface area contributed by atoms with Crippen LogP contribution in [0.1, 0.15) is 91.4 Å². The normalized spacial score (nSPS) is 36.3. The molecule has 0 radical (unpaired) electrons. The summed E-state index contributed by atoms with van der Waals surface area (Å²) in [7, 11) is -2.95. The molecule has 0 aromatic heterocycles. The lowest BCUT2D eigenvalue weighted by Crippen LogP contribution is -2.67. The molecule has 4 rings (SSSR count). The van der Waals surface area contributed by atoms with E-state index in [4.69, 9.17) is 0 Å². The molecule has 3 saturated carbocycles. The molecule has 3 aliphatic carbocycles. The van der Waals surface area contributed by atoms with Crippen LogP contribution in [-0.2, 0) is 19.4 Å². The summed E-state index contributed by atoms with van der Waals surface area (Å²) in [5.41, 5.74) is 0. The number of hydrogen-bond acceptors (Lipinski definition) is 4. The van der Waals surface area contributed by atoms with E-state index in [0.717, 1.165) is 64.2 Å². The van der Waals surface area contributed by atoms with E-state index in [-0.39, 0.29) is 35.2 Å². The minimum Gasteiger partial charge on any atom is -0.335 e. The molecule has 0 aromatic carbocycles. The van der Waals surface area contributed by atoms with Gasteiger partial charge in [0.15, 0.2) is 9.84 Å². The first-order valence-electron chi connectivity index (χ1n) is 13.0. The minimum atomic E-state index is -2.95. The zero-order valence-electron chi connectivity index (χ0n) is 20.2. The van der Waals surface area contributed by atoms with Crippen LogP contribution in [0.2, 0.25) is 0 Å². The van der Waals surface area contributed by atoms with E-state index < -0.39 is 9.84 Å². The first-order valence-corrected chi connectivity index (χ1v) is 14.7. The molecule has 4 aliphatic rings. The van der Waals surface area contributed by atoms with Gasteiger partial charge in [-0.25, -0.2) is 8.42 Å². The Kier molecular flexibility index (Phi) is 7.23. The summed E-state index contributed by atoms with van der Waals surface area (Å²) in [6, 6.07) is 0.342. The van der Waals surface area contributed by atoms with Crippen LogP contribution in [0.4, 0.5) is 0 Å². The second kappa shape index (κ2) is 9.63. The molecule has 1 aliphatic heterocycles. The summed E-state index contributed by atoms with van der Waals surface area (Å²) in [5.74, 6) is 2.03. The number of sulfone groups is 1. The second-order valence-corrected chi connectivity index (χ2v) is 13.4. The molecule has 0 N–H and O–H groups in total. The Balaban J connectivity index is 1.45. The maximum absolute atomic E-state index is 13.3. The average Bonchev–Trinajstić information content (AvgIpc) is 2.71. The van der Waals surface area contributed by atoms with Crippen LogP contribution < -0.4 is 0 Å². The second-order valence-electron chi connectivity index (χ2n) is 11.0. The molecule has 4 atom stereocenters. The van der Waals surface area contributed by atoms with Crippen molar-refractivity contribution in [3.8, 4) is 0 Å². The summed E-state index contributed by atoms with van der Waals surface area (Å²) < 4.78 is 25.0. The molecule has 0 aromatic rings. The largest absolute Gasteiger partial charge is 0.335 e. The van der Waals surface area contributed by atoms with Gasteiger partial charge in [-0.05, 0) is 83.0 Å². The molecular formula is C25H42N2O4S. The first-order chi connectivity index (χ1) is 15.2. The molecule has 182 valence electrons. The van der Waals surface area contributed by atoms with Gasteiger partial charge >= 0.3 is 0 Å². The first kappa shape index (κ1) is 24.0. The number of hydrogen-bond donors (Lipinski definition) is 0. The van der Waals surface area contributed by atoms with Crippen molar-refractivity contribution in [2.45, 2.75) is 115 Å². The van der Waals surface area contributed by atoms with Gasteiger partial charge in [0.25, 0.3) is 0 Å². The Morgan fingerprint density at radius 3 is 2.12 bits per heavy atom. The Bertz CT molecular complexity index is 801. The van der Waals surface area contributed by atoms with Gasteiger partial charge < -0.3 is 9.80 Å². The number of fused-ring (bicyclic) bond motifs is 1. The summed E-state index contributed by atoms with van der Waals surface area (Å²) in [4.78, 5) is 30.0. The maximum Gasteiger partial charge on any atom is 0.226 e. The third-order valence-corrected chi connectivity index (χ3v) is 11.5. The number of nitrogens with zero attached hydrogens (tertiary/aromatic N) is 2. The Morgan fingerprint density at radius 1 is 0.906 bits per heavy atom. The quantitative estimate of drug-likeness (QED) is 0.618. The zero-order valence-corrected chi connectivity index (χ0v) is 21.0. The third-order valence-electron chi connectivity index (χ3n) is 9.00. The highest BCUT2D eigenvalue weighted by atomic mass is 32.2. The van der Waals surface area contributed by atoms with Crippen LogP contribution >= 0.6 is 0 Å². The molecule has 3 unspecified atom stereocenters. The fourth-order valence-corrected chi connectivity index (χ4v) is 9.03. The van der Waals surface area contributed by atoms with Crippen molar-refractivity contribution < 1.29 is 18.0 Å². The highest BCUT2D eigenvalue weighted by molar-refractivity contribution is 7.92. The fraction of sp³-hybridized carbons (Fsp3) is 0.920. The molecule has 32 heavy (non-hydrogen) atoms. The van der Waals surface area contributed by atoms with E-state index in [1.54, 1.807) is 6.92 Å². The molecular weight excluding hydrogens is 424 g/mol. The highest BCUT2D eigenvalue weighted by Gasteiger charge is 2.49. The molecule has 2 amide bonds. The van der Waals surface area contributed by atoms with Crippen LogP contribution in [-0.4, -0.2) is 65.7 Å². The number of carbonyl (C=O) groups excluding carboxylic acids is 2. The summed E-state index contributed by atoms with van der Waals surface area (Å²) >= 11 is 0. The fourth-order valence-electron chi connectivity index (χ4n) is 7.14.